The van der Waals surface area contributed by atoms with Gasteiger partial charge in [-0.15, -0.1) is 0 Å². The van der Waals surface area contributed by atoms with Gasteiger partial charge in [0.15, 0.2) is 12.2 Å². The summed E-state index contributed by atoms with van der Waals surface area (Å²) in [6.07, 6.45) is -3.07. The molecule has 8 heteroatoms. The first-order valence-corrected chi connectivity index (χ1v) is 12.2. The lowest BCUT2D eigenvalue weighted by Gasteiger charge is -2.38. The minimum atomic E-state index is -1.17. The fourth-order valence-electron chi connectivity index (χ4n) is 4.73. The van der Waals surface area contributed by atoms with Crippen molar-refractivity contribution in [3.8, 4) is 0 Å². The highest BCUT2D eigenvalue weighted by molar-refractivity contribution is 5.71. The molecule has 2 N–H and O–H groups in total. The fraction of sp³-hybridized carbons (Fsp3) is 0.276. The maximum Gasteiger partial charge on any atom is 0.407 e. The van der Waals surface area contributed by atoms with Crippen LogP contribution in [0.1, 0.15) is 23.6 Å². The van der Waals surface area contributed by atoms with Gasteiger partial charge in [-0.05, 0) is 29.5 Å². The number of hydrogen-bond acceptors (Lipinski definition) is 5. The number of carbonyl (C=O) groups excluding carboxylic acids is 2. The summed E-state index contributed by atoms with van der Waals surface area (Å²) in [6.45, 7) is 1.34. The molecule has 2 amide bonds. The molecule has 0 aliphatic carbocycles. The minimum Gasteiger partial charge on any atom is -0.465 e. The second kappa shape index (κ2) is 12.1. The monoisotopic (exact) mass is 502 g/mol. The number of ether oxygens (including phenoxy) is 2. The number of hydrogen-bond donors (Lipinski definition) is 2. The van der Waals surface area contributed by atoms with Crippen LogP contribution in [0.25, 0.3) is 0 Å². The highest BCUT2D eigenvalue weighted by atomic mass is 16.6. The van der Waals surface area contributed by atoms with Crippen LogP contribution in [0.5, 0.6) is 0 Å². The number of nitrogens with zero attached hydrogens (tertiary/aromatic N) is 1. The maximum absolute atomic E-state index is 12.6. The van der Waals surface area contributed by atoms with Crippen LogP contribution in [-0.2, 0) is 33.7 Å². The predicted molar refractivity (Wildman–Crippen MR) is 137 cm³/mol. The Balaban J connectivity index is 1.73. The zero-order chi connectivity index (χ0) is 26.2. The molecule has 4 rings (SSSR count). The number of esters is 1. The Hall–Kier alpha value is -4.33. The average molecular weight is 503 g/mol. The third-order valence-corrected chi connectivity index (χ3v) is 6.38. The first-order valence-electron chi connectivity index (χ1n) is 12.2. The Bertz CT molecular complexity index is 1190. The molecule has 0 bridgehead atoms. The Morgan fingerprint density at radius 1 is 0.919 bits per heavy atom. The SMILES string of the molecule is CC(=O)OC(C(Cc1ccccc1)N(Cc1ccccc1)C(=O)O)[C@H]1OC(=O)N[C@H]1Cc1ccccc1. The Morgan fingerprint density at radius 3 is 2.00 bits per heavy atom. The lowest BCUT2D eigenvalue weighted by molar-refractivity contribution is -0.157. The van der Waals surface area contributed by atoms with Gasteiger partial charge < -0.3 is 19.9 Å². The highest BCUT2D eigenvalue weighted by Crippen LogP contribution is 2.27. The summed E-state index contributed by atoms with van der Waals surface area (Å²) in [6, 6.07) is 26.8. The number of carboxylic acid groups (broad SMARTS) is 1. The smallest absolute Gasteiger partial charge is 0.407 e. The van der Waals surface area contributed by atoms with Crippen molar-refractivity contribution in [2.24, 2.45) is 0 Å². The van der Waals surface area contributed by atoms with E-state index in [0.717, 1.165) is 16.7 Å². The van der Waals surface area contributed by atoms with E-state index >= 15 is 0 Å². The van der Waals surface area contributed by atoms with Gasteiger partial charge in [0.1, 0.15) is 0 Å². The van der Waals surface area contributed by atoms with Gasteiger partial charge in [0.05, 0.1) is 12.1 Å². The van der Waals surface area contributed by atoms with E-state index in [0.29, 0.717) is 6.42 Å². The van der Waals surface area contributed by atoms with Crippen molar-refractivity contribution in [2.45, 2.75) is 50.6 Å². The summed E-state index contributed by atoms with van der Waals surface area (Å²) in [5.74, 6) is -0.588. The number of nitrogens with one attached hydrogen (secondary N) is 1. The zero-order valence-corrected chi connectivity index (χ0v) is 20.5. The van der Waals surface area contributed by atoms with E-state index in [9.17, 15) is 19.5 Å². The van der Waals surface area contributed by atoms with Crippen molar-refractivity contribution < 1.29 is 29.0 Å². The first kappa shape index (κ1) is 25.8. The van der Waals surface area contributed by atoms with E-state index < -0.39 is 42.4 Å². The van der Waals surface area contributed by atoms with Gasteiger partial charge in [0.2, 0.25) is 0 Å². The van der Waals surface area contributed by atoms with Crippen molar-refractivity contribution >= 4 is 18.2 Å². The van der Waals surface area contributed by atoms with Crippen LogP contribution in [0.2, 0.25) is 0 Å². The quantitative estimate of drug-likeness (QED) is 0.398. The molecule has 0 spiro atoms. The Morgan fingerprint density at radius 2 is 1.46 bits per heavy atom. The van der Waals surface area contributed by atoms with E-state index in [1.54, 1.807) is 0 Å². The van der Waals surface area contributed by atoms with Crippen molar-refractivity contribution in [1.29, 1.82) is 0 Å². The average Bonchev–Trinajstić information content (AvgIpc) is 3.26. The van der Waals surface area contributed by atoms with E-state index in [2.05, 4.69) is 5.32 Å². The number of amides is 2. The van der Waals surface area contributed by atoms with Gasteiger partial charge in [0.25, 0.3) is 0 Å². The molecule has 4 atom stereocenters. The normalized spacial score (nSPS) is 18.2. The third-order valence-electron chi connectivity index (χ3n) is 6.38. The summed E-state index contributed by atoms with van der Waals surface area (Å²) in [5, 5.41) is 13.1. The van der Waals surface area contributed by atoms with Gasteiger partial charge >= 0.3 is 18.2 Å². The molecule has 192 valence electrons. The van der Waals surface area contributed by atoms with Crippen molar-refractivity contribution in [3.63, 3.8) is 0 Å². The summed E-state index contributed by atoms with van der Waals surface area (Å²) in [5.41, 5.74) is 2.61. The van der Waals surface area contributed by atoms with Crippen molar-refractivity contribution in [3.05, 3.63) is 108 Å². The molecule has 0 saturated carbocycles. The van der Waals surface area contributed by atoms with Crippen LogP contribution in [0, 0.1) is 0 Å². The van der Waals surface area contributed by atoms with E-state index in [1.165, 1.54) is 11.8 Å². The molecule has 3 aromatic rings. The van der Waals surface area contributed by atoms with Gasteiger partial charge in [-0.3, -0.25) is 9.69 Å². The number of rotatable bonds is 10. The molecule has 1 heterocycles. The lowest BCUT2D eigenvalue weighted by atomic mass is 9.90. The first-order chi connectivity index (χ1) is 17.9. The number of carbonyl (C=O) groups is 3. The molecule has 1 aliphatic heterocycles. The van der Waals surface area contributed by atoms with Crippen LogP contribution in [0.4, 0.5) is 9.59 Å². The van der Waals surface area contributed by atoms with E-state index in [1.807, 2.05) is 91.0 Å². The molecule has 1 fully saturated rings. The minimum absolute atomic E-state index is 0.0723. The molecular weight excluding hydrogens is 472 g/mol. The number of cyclic esters (lactones) is 1. The predicted octanol–water partition coefficient (Wildman–Crippen LogP) is 4.43. The standard InChI is InChI=1S/C29H30N2O6/c1-20(32)36-27(26-24(30-28(33)37-26)17-21-11-5-2-6-12-21)25(18-22-13-7-3-8-14-22)31(29(34)35)19-23-15-9-4-10-16-23/h2-16,24-27H,17-19H2,1H3,(H,30,33)(H,34,35)/t24-,25?,26-,27?/m0/s1. The maximum atomic E-state index is 12.6. The van der Waals surface area contributed by atoms with Crippen LogP contribution in [-0.4, -0.2) is 52.5 Å². The molecule has 0 aromatic heterocycles. The number of alkyl carbamates (subject to hydrolysis) is 1. The van der Waals surface area contributed by atoms with Crippen molar-refractivity contribution in [1.82, 2.24) is 10.2 Å². The molecule has 0 radical (unpaired) electrons. The molecule has 1 aliphatic rings. The van der Waals surface area contributed by atoms with Gasteiger partial charge in [-0.1, -0.05) is 91.0 Å². The molecule has 8 nitrogen and oxygen atoms in total. The summed E-state index contributed by atoms with van der Waals surface area (Å²) in [7, 11) is 0. The number of benzene rings is 3. The summed E-state index contributed by atoms with van der Waals surface area (Å²) >= 11 is 0. The largest absolute Gasteiger partial charge is 0.465 e. The molecule has 3 aromatic carbocycles. The summed E-state index contributed by atoms with van der Waals surface area (Å²) < 4.78 is 11.5. The Labute approximate surface area is 215 Å². The van der Waals surface area contributed by atoms with Crippen LogP contribution >= 0.6 is 0 Å². The summed E-state index contributed by atoms with van der Waals surface area (Å²) in [4.78, 5) is 38.6. The van der Waals surface area contributed by atoms with Gasteiger partial charge in [-0.25, -0.2) is 9.59 Å². The second-order valence-electron chi connectivity index (χ2n) is 9.04. The molecule has 37 heavy (non-hydrogen) atoms. The fourth-order valence-corrected chi connectivity index (χ4v) is 4.73. The zero-order valence-electron chi connectivity index (χ0n) is 20.5. The topological polar surface area (TPSA) is 105 Å². The highest BCUT2D eigenvalue weighted by Gasteiger charge is 2.47. The van der Waals surface area contributed by atoms with Crippen LogP contribution in [0.3, 0.4) is 0 Å². The van der Waals surface area contributed by atoms with E-state index in [4.69, 9.17) is 9.47 Å². The Kier molecular flexibility index (Phi) is 8.40. The van der Waals surface area contributed by atoms with Gasteiger partial charge in [-0.2, -0.15) is 0 Å². The van der Waals surface area contributed by atoms with Crippen LogP contribution < -0.4 is 5.32 Å². The second-order valence-corrected chi connectivity index (χ2v) is 9.04. The lowest BCUT2D eigenvalue weighted by Crippen LogP contribution is -2.56. The van der Waals surface area contributed by atoms with Gasteiger partial charge in [0, 0.05) is 13.5 Å². The molecular formula is C29H30N2O6. The van der Waals surface area contributed by atoms with E-state index in [-0.39, 0.29) is 13.0 Å². The third kappa shape index (κ3) is 6.88. The van der Waals surface area contributed by atoms with Crippen LogP contribution in [0.15, 0.2) is 91.0 Å². The molecule has 1 saturated heterocycles. The molecule has 2 unspecified atom stereocenters. The van der Waals surface area contributed by atoms with Crippen molar-refractivity contribution in [2.75, 3.05) is 0 Å².